The van der Waals surface area contributed by atoms with Gasteiger partial charge in [0.05, 0.1) is 12.3 Å². The molecule has 0 amide bonds. The van der Waals surface area contributed by atoms with Crippen LogP contribution in [0.4, 0.5) is 5.69 Å². The van der Waals surface area contributed by atoms with Crippen molar-refractivity contribution in [3.8, 4) is 0 Å². The number of pyridine rings is 1. The molecule has 0 aliphatic rings. The molecular formula is C12H19N3OS. The zero-order chi connectivity index (χ0) is 12.8. The van der Waals surface area contributed by atoms with Crippen LogP contribution >= 0.6 is 12.2 Å². The Labute approximate surface area is 108 Å². The number of methoxy groups -OCH3 is 1. The summed E-state index contributed by atoms with van der Waals surface area (Å²) in [5.74, 6) is 0. The average molecular weight is 253 g/mol. The van der Waals surface area contributed by atoms with Crippen LogP contribution in [0.15, 0.2) is 18.3 Å². The lowest BCUT2D eigenvalue weighted by Crippen LogP contribution is -2.34. The van der Waals surface area contributed by atoms with Gasteiger partial charge in [-0.25, -0.2) is 0 Å². The van der Waals surface area contributed by atoms with E-state index in [9.17, 15) is 0 Å². The fourth-order valence-corrected chi connectivity index (χ4v) is 1.72. The van der Waals surface area contributed by atoms with Crippen molar-refractivity contribution in [1.29, 1.82) is 0 Å². The largest absolute Gasteiger partial charge is 0.388 e. The number of nitrogens with two attached hydrogens (primary N) is 1. The second kappa shape index (κ2) is 6.51. The van der Waals surface area contributed by atoms with Crippen molar-refractivity contribution in [3.63, 3.8) is 0 Å². The average Bonchev–Trinajstić information content (AvgIpc) is 2.29. The summed E-state index contributed by atoms with van der Waals surface area (Å²) in [6.07, 6.45) is 1.73. The van der Waals surface area contributed by atoms with E-state index in [1.165, 1.54) is 0 Å². The van der Waals surface area contributed by atoms with Crippen LogP contribution in [0.2, 0.25) is 0 Å². The second-order valence-corrected chi connectivity index (χ2v) is 4.48. The Hall–Kier alpha value is -1.20. The first-order valence-electron chi connectivity index (χ1n) is 5.57. The Morgan fingerprint density at radius 1 is 1.59 bits per heavy atom. The lowest BCUT2D eigenvalue weighted by molar-refractivity contribution is 0.204. The van der Waals surface area contributed by atoms with Crippen LogP contribution in [0.25, 0.3) is 0 Å². The topological polar surface area (TPSA) is 51.4 Å². The van der Waals surface area contributed by atoms with Gasteiger partial charge in [0.2, 0.25) is 0 Å². The molecule has 1 heterocycles. The van der Waals surface area contributed by atoms with Gasteiger partial charge in [0.1, 0.15) is 4.99 Å². The quantitative estimate of drug-likeness (QED) is 0.780. The van der Waals surface area contributed by atoms with Gasteiger partial charge in [0, 0.05) is 31.6 Å². The third kappa shape index (κ3) is 3.94. The molecular weight excluding hydrogens is 234 g/mol. The van der Waals surface area contributed by atoms with Gasteiger partial charge in [0.15, 0.2) is 0 Å². The molecule has 0 unspecified atom stereocenters. The van der Waals surface area contributed by atoms with Crippen LogP contribution in [-0.2, 0) is 4.74 Å². The molecule has 1 aromatic heterocycles. The first-order valence-corrected chi connectivity index (χ1v) is 5.98. The lowest BCUT2D eigenvalue weighted by atomic mass is 10.2. The van der Waals surface area contributed by atoms with Gasteiger partial charge in [-0.3, -0.25) is 4.98 Å². The van der Waals surface area contributed by atoms with Crippen molar-refractivity contribution in [2.45, 2.75) is 19.9 Å². The number of thiocarbonyl (C=S) groups is 1. The molecule has 0 radical (unpaired) electrons. The van der Waals surface area contributed by atoms with Gasteiger partial charge in [-0.15, -0.1) is 0 Å². The zero-order valence-corrected chi connectivity index (χ0v) is 11.3. The van der Waals surface area contributed by atoms with Crippen LogP contribution in [0, 0.1) is 0 Å². The molecule has 0 aliphatic heterocycles. The monoisotopic (exact) mass is 253 g/mol. The third-order valence-corrected chi connectivity index (χ3v) is 2.70. The molecule has 1 aromatic rings. The second-order valence-electron chi connectivity index (χ2n) is 4.04. The summed E-state index contributed by atoms with van der Waals surface area (Å²) in [5.41, 5.74) is 7.30. The van der Waals surface area contributed by atoms with Crippen LogP contribution < -0.4 is 10.6 Å². The first-order chi connectivity index (χ1) is 8.06. The van der Waals surface area contributed by atoms with Crippen LogP contribution in [0.3, 0.4) is 0 Å². The van der Waals surface area contributed by atoms with E-state index in [0.717, 1.165) is 12.2 Å². The van der Waals surface area contributed by atoms with Crippen LogP contribution in [0.1, 0.15) is 19.5 Å². The molecule has 94 valence electrons. The highest BCUT2D eigenvalue weighted by Gasteiger charge is 2.11. The van der Waals surface area contributed by atoms with Gasteiger partial charge in [0.25, 0.3) is 0 Å². The van der Waals surface area contributed by atoms with E-state index < -0.39 is 0 Å². The predicted molar refractivity (Wildman–Crippen MR) is 74.5 cm³/mol. The van der Waals surface area contributed by atoms with E-state index in [2.05, 4.69) is 23.7 Å². The van der Waals surface area contributed by atoms with Gasteiger partial charge in [-0.05, 0) is 26.0 Å². The highest BCUT2D eigenvalue weighted by Crippen LogP contribution is 2.17. The van der Waals surface area contributed by atoms with E-state index in [1.807, 2.05) is 12.1 Å². The van der Waals surface area contributed by atoms with E-state index in [4.69, 9.17) is 22.7 Å². The molecule has 0 saturated carbocycles. The van der Waals surface area contributed by atoms with Crippen molar-refractivity contribution < 1.29 is 4.74 Å². The molecule has 5 heteroatoms. The van der Waals surface area contributed by atoms with E-state index in [0.29, 0.717) is 23.3 Å². The summed E-state index contributed by atoms with van der Waals surface area (Å²) in [7, 11) is 1.70. The molecule has 0 fully saturated rings. The molecule has 17 heavy (non-hydrogen) atoms. The maximum atomic E-state index is 5.58. The summed E-state index contributed by atoms with van der Waals surface area (Å²) < 4.78 is 5.11. The SMILES string of the molecule is COCCN(c1ccnc(C(N)=S)c1)C(C)C. The Balaban J connectivity index is 2.93. The molecule has 0 atom stereocenters. The van der Waals surface area contributed by atoms with Crippen LogP contribution in [-0.4, -0.2) is 36.3 Å². The Bertz CT molecular complexity index is 382. The summed E-state index contributed by atoms with van der Waals surface area (Å²) in [4.78, 5) is 6.69. The highest BCUT2D eigenvalue weighted by atomic mass is 32.1. The maximum absolute atomic E-state index is 5.58. The minimum absolute atomic E-state index is 0.322. The van der Waals surface area contributed by atoms with Gasteiger partial charge in [-0.1, -0.05) is 12.2 Å². The lowest BCUT2D eigenvalue weighted by Gasteiger charge is -2.28. The zero-order valence-electron chi connectivity index (χ0n) is 10.5. The fraction of sp³-hybridized carbons (Fsp3) is 0.500. The summed E-state index contributed by atoms with van der Waals surface area (Å²) >= 11 is 4.93. The number of hydrogen-bond donors (Lipinski definition) is 1. The van der Waals surface area contributed by atoms with E-state index >= 15 is 0 Å². The van der Waals surface area contributed by atoms with Crippen molar-refractivity contribution in [1.82, 2.24) is 4.98 Å². The summed E-state index contributed by atoms with van der Waals surface area (Å²) in [6, 6.07) is 4.25. The third-order valence-electron chi connectivity index (χ3n) is 2.49. The molecule has 4 nitrogen and oxygen atoms in total. The standard InChI is InChI=1S/C12H19N3OS/c1-9(2)15(6-7-16-3)10-4-5-14-11(8-10)12(13)17/h4-5,8-9H,6-7H2,1-3H3,(H2,13,17). The van der Waals surface area contributed by atoms with Crippen molar-refractivity contribution in [2.24, 2.45) is 5.73 Å². The van der Waals surface area contributed by atoms with Gasteiger partial charge >= 0.3 is 0 Å². The molecule has 0 aliphatic carbocycles. The molecule has 0 bridgehead atoms. The smallest absolute Gasteiger partial charge is 0.122 e. The molecule has 1 rings (SSSR count). The van der Waals surface area contributed by atoms with Crippen molar-refractivity contribution in [3.05, 3.63) is 24.0 Å². The highest BCUT2D eigenvalue weighted by molar-refractivity contribution is 7.80. The minimum Gasteiger partial charge on any atom is -0.388 e. The predicted octanol–water partition coefficient (Wildman–Crippen LogP) is 1.58. The summed E-state index contributed by atoms with van der Waals surface area (Å²) in [6.45, 7) is 5.78. The van der Waals surface area contributed by atoms with E-state index in [1.54, 1.807) is 13.3 Å². The Morgan fingerprint density at radius 2 is 2.29 bits per heavy atom. The molecule has 0 spiro atoms. The Morgan fingerprint density at radius 3 is 2.82 bits per heavy atom. The number of aromatic nitrogens is 1. The molecule has 0 saturated heterocycles. The number of nitrogens with zero attached hydrogens (tertiary/aromatic N) is 2. The Kier molecular flexibility index (Phi) is 5.31. The normalized spacial score (nSPS) is 10.6. The molecule has 2 N–H and O–H groups in total. The van der Waals surface area contributed by atoms with E-state index in [-0.39, 0.29) is 0 Å². The summed E-state index contributed by atoms with van der Waals surface area (Å²) in [5, 5.41) is 0. The van der Waals surface area contributed by atoms with Crippen molar-refractivity contribution in [2.75, 3.05) is 25.2 Å². The van der Waals surface area contributed by atoms with Gasteiger partial charge in [-0.2, -0.15) is 0 Å². The number of anilines is 1. The van der Waals surface area contributed by atoms with Gasteiger partial charge < -0.3 is 15.4 Å². The minimum atomic E-state index is 0.322. The maximum Gasteiger partial charge on any atom is 0.122 e. The molecule has 0 aromatic carbocycles. The number of rotatable bonds is 6. The fourth-order valence-electron chi connectivity index (χ4n) is 1.61. The van der Waals surface area contributed by atoms with Crippen molar-refractivity contribution >= 4 is 22.9 Å². The number of ether oxygens (including phenoxy) is 1. The van der Waals surface area contributed by atoms with Crippen LogP contribution in [0.5, 0.6) is 0 Å². The number of hydrogen-bond acceptors (Lipinski definition) is 4. The first kappa shape index (κ1) is 13.9.